The zero-order valence-corrected chi connectivity index (χ0v) is 31.2. The van der Waals surface area contributed by atoms with Crippen molar-refractivity contribution in [2.45, 2.75) is 77.7 Å². The van der Waals surface area contributed by atoms with Crippen molar-refractivity contribution < 1.29 is 19.4 Å². The fourth-order valence-electron chi connectivity index (χ4n) is 7.55. The van der Waals surface area contributed by atoms with Gasteiger partial charge in [0.25, 0.3) is 0 Å². The standard InChI is InChI=1S/C39H48Cl2N6O4/c1-39(2,3)51-38(50)45-19-14-28(15-20-45)27-12-17-44(18-13-27)23-32(48)24-47-35-16-21-46(37(42)49)25-33(35)36(43-47)30-8-11-34(41)29(22-30)7-4-26-5-9-31(40)10-6-26/h5-6,8-11,22,27-28,32,48H,12-21,23-25H2,1-3H3,(H2,42,49)/t32-/m0/s1. The number of benzene rings is 2. The molecule has 12 heteroatoms. The molecule has 3 amide bonds. The molecule has 3 aliphatic heterocycles. The average molecular weight is 736 g/mol. The second-order valence-electron chi connectivity index (χ2n) is 15.0. The number of nitrogens with two attached hydrogens (primary N) is 1. The van der Waals surface area contributed by atoms with Gasteiger partial charge in [0.05, 0.1) is 29.9 Å². The lowest BCUT2D eigenvalue weighted by Gasteiger charge is -2.40. The number of aliphatic hydroxyl groups is 1. The van der Waals surface area contributed by atoms with Gasteiger partial charge in [-0.1, -0.05) is 41.1 Å². The minimum atomic E-state index is -0.615. The lowest BCUT2D eigenvalue weighted by Crippen LogP contribution is -2.45. The number of carbonyl (C=O) groups excluding carboxylic acids is 2. The molecule has 0 spiro atoms. The van der Waals surface area contributed by atoms with Gasteiger partial charge in [-0.2, -0.15) is 5.10 Å². The topological polar surface area (TPSA) is 117 Å². The van der Waals surface area contributed by atoms with Crippen LogP contribution < -0.4 is 5.73 Å². The van der Waals surface area contributed by atoms with Crippen molar-refractivity contribution in [2.24, 2.45) is 17.6 Å². The predicted molar refractivity (Wildman–Crippen MR) is 200 cm³/mol. The average Bonchev–Trinajstić information content (AvgIpc) is 3.45. The number of aliphatic hydroxyl groups excluding tert-OH is 1. The molecule has 10 nitrogen and oxygen atoms in total. The SMILES string of the molecule is CC(C)(C)OC(=O)N1CCC(C2CCN(C[C@H](O)Cn3nc(-c4ccc(Cl)c(C#Cc5ccc(Cl)cc5)c4)c4c3CCN(C(N)=O)C4)CC2)CC1. The lowest BCUT2D eigenvalue weighted by molar-refractivity contribution is 0.0123. The van der Waals surface area contributed by atoms with Crippen LogP contribution in [0.3, 0.4) is 0 Å². The van der Waals surface area contributed by atoms with Crippen molar-refractivity contribution in [3.63, 3.8) is 0 Å². The first-order chi connectivity index (χ1) is 24.3. The van der Waals surface area contributed by atoms with E-state index in [1.807, 2.05) is 60.7 Å². The Morgan fingerprint density at radius 3 is 2.25 bits per heavy atom. The summed E-state index contributed by atoms with van der Waals surface area (Å²) in [6, 6.07) is 12.5. The Bertz CT molecular complexity index is 1780. The van der Waals surface area contributed by atoms with Crippen LogP contribution in [0.25, 0.3) is 11.3 Å². The van der Waals surface area contributed by atoms with Crippen LogP contribution in [0.4, 0.5) is 9.59 Å². The van der Waals surface area contributed by atoms with Crippen molar-refractivity contribution in [3.05, 3.63) is 74.9 Å². The number of primary amides is 1. The Hall–Kier alpha value is -3.75. The maximum Gasteiger partial charge on any atom is 0.410 e. The highest BCUT2D eigenvalue weighted by atomic mass is 35.5. The highest BCUT2D eigenvalue weighted by Crippen LogP contribution is 2.34. The number of carbonyl (C=O) groups is 2. The Kier molecular flexibility index (Phi) is 11.5. The Morgan fingerprint density at radius 1 is 0.941 bits per heavy atom. The summed E-state index contributed by atoms with van der Waals surface area (Å²) >= 11 is 12.6. The summed E-state index contributed by atoms with van der Waals surface area (Å²) in [7, 11) is 0. The maximum absolute atomic E-state index is 12.5. The Labute approximate surface area is 310 Å². The zero-order chi connectivity index (χ0) is 36.3. The normalized spacial score (nSPS) is 18.2. The summed E-state index contributed by atoms with van der Waals surface area (Å²) in [6.45, 7) is 10.8. The van der Waals surface area contributed by atoms with E-state index in [1.165, 1.54) is 0 Å². The van der Waals surface area contributed by atoms with Gasteiger partial charge in [-0.25, -0.2) is 9.59 Å². The molecule has 6 rings (SSSR count). The van der Waals surface area contributed by atoms with E-state index in [0.29, 0.717) is 60.0 Å². The van der Waals surface area contributed by atoms with Crippen molar-refractivity contribution in [1.29, 1.82) is 0 Å². The van der Waals surface area contributed by atoms with Gasteiger partial charge in [0, 0.05) is 65.6 Å². The van der Waals surface area contributed by atoms with E-state index in [0.717, 1.165) is 79.9 Å². The number of amides is 3. The van der Waals surface area contributed by atoms with Gasteiger partial charge >= 0.3 is 12.1 Å². The Morgan fingerprint density at radius 2 is 1.61 bits per heavy atom. The molecule has 2 aromatic carbocycles. The van der Waals surface area contributed by atoms with E-state index in [2.05, 4.69) is 16.7 Å². The Balaban J connectivity index is 1.10. The fraction of sp³-hybridized carbons (Fsp3) is 0.513. The minimum absolute atomic E-state index is 0.210. The van der Waals surface area contributed by atoms with E-state index in [4.69, 9.17) is 38.8 Å². The van der Waals surface area contributed by atoms with Crippen LogP contribution in [0, 0.1) is 23.7 Å². The molecule has 272 valence electrons. The first-order valence-electron chi connectivity index (χ1n) is 17.9. The monoisotopic (exact) mass is 734 g/mol. The van der Waals surface area contributed by atoms with E-state index in [1.54, 1.807) is 17.0 Å². The molecule has 0 bridgehead atoms. The van der Waals surface area contributed by atoms with Gasteiger partial charge in [-0.3, -0.25) is 4.68 Å². The minimum Gasteiger partial charge on any atom is -0.444 e. The van der Waals surface area contributed by atoms with E-state index in [9.17, 15) is 14.7 Å². The van der Waals surface area contributed by atoms with Crippen LogP contribution in [0.15, 0.2) is 42.5 Å². The van der Waals surface area contributed by atoms with Crippen molar-refractivity contribution in [2.75, 3.05) is 39.3 Å². The molecular formula is C39H48Cl2N6O4. The highest BCUT2D eigenvalue weighted by molar-refractivity contribution is 6.32. The highest BCUT2D eigenvalue weighted by Gasteiger charge is 2.33. The number of β-amino-alcohol motifs (C(OH)–C–C–N with tert-alkyl or cyclic N) is 1. The molecule has 51 heavy (non-hydrogen) atoms. The summed E-state index contributed by atoms with van der Waals surface area (Å²) in [5, 5.41) is 17.5. The van der Waals surface area contributed by atoms with Crippen LogP contribution >= 0.6 is 23.2 Å². The molecule has 3 aromatic rings. The number of ether oxygens (including phenoxy) is 1. The molecule has 0 unspecified atom stereocenters. The lowest BCUT2D eigenvalue weighted by atomic mass is 9.79. The van der Waals surface area contributed by atoms with Gasteiger partial charge in [-0.05, 0) is 108 Å². The number of aromatic nitrogens is 2. The maximum atomic E-state index is 12.5. The number of hydrogen-bond acceptors (Lipinski definition) is 6. The quantitative estimate of drug-likeness (QED) is 0.283. The summed E-state index contributed by atoms with van der Waals surface area (Å²) in [4.78, 5) is 30.5. The number of rotatable bonds is 6. The number of hydrogen-bond donors (Lipinski definition) is 2. The van der Waals surface area contributed by atoms with Crippen molar-refractivity contribution in [3.8, 4) is 23.1 Å². The molecule has 1 atom stereocenters. The molecule has 4 heterocycles. The van der Waals surface area contributed by atoms with Crippen molar-refractivity contribution >= 4 is 35.3 Å². The van der Waals surface area contributed by atoms with Gasteiger partial charge in [0.2, 0.25) is 0 Å². The van der Waals surface area contributed by atoms with Gasteiger partial charge in [0.15, 0.2) is 0 Å². The molecule has 2 saturated heterocycles. The zero-order valence-electron chi connectivity index (χ0n) is 29.7. The van der Waals surface area contributed by atoms with Crippen LogP contribution in [0.1, 0.15) is 68.8 Å². The van der Waals surface area contributed by atoms with Gasteiger partial charge in [0.1, 0.15) is 5.60 Å². The largest absolute Gasteiger partial charge is 0.444 e. The smallest absolute Gasteiger partial charge is 0.410 e. The van der Waals surface area contributed by atoms with Crippen LogP contribution in [0.2, 0.25) is 10.0 Å². The van der Waals surface area contributed by atoms with Crippen LogP contribution in [0.5, 0.6) is 0 Å². The third-order valence-electron chi connectivity index (χ3n) is 10.2. The van der Waals surface area contributed by atoms with E-state index < -0.39 is 17.7 Å². The molecule has 0 radical (unpaired) electrons. The first-order valence-corrected chi connectivity index (χ1v) is 18.7. The van der Waals surface area contributed by atoms with Crippen LogP contribution in [-0.4, -0.2) is 92.7 Å². The molecule has 3 N–H and O–H groups in total. The predicted octanol–water partition coefficient (Wildman–Crippen LogP) is 6.41. The number of halogens is 2. The molecule has 0 aliphatic carbocycles. The summed E-state index contributed by atoms with van der Waals surface area (Å²) in [5.74, 6) is 7.57. The fourth-order valence-corrected chi connectivity index (χ4v) is 7.84. The van der Waals surface area contributed by atoms with Gasteiger partial charge in [-0.15, -0.1) is 0 Å². The molecule has 1 aromatic heterocycles. The van der Waals surface area contributed by atoms with E-state index >= 15 is 0 Å². The van der Waals surface area contributed by atoms with Gasteiger partial charge < -0.3 is 30.3 Å². The number of piperidine rings is 2. The third-order valence-corrected chi connectivity index (χ3v) is 10.8. The second-order valence-corrected chi connectivity index (χ2v) is 15.9. The molecular weight excluding hydrogens is 687 g/mol. The molecule has 3 aliphatic rings. The summed E-state index contributed by atoms with van der Waals surface area (Å²) < 4.78 is 7.48. The number of nitrogens with zero attached hydrogens (tertiary/aromatic N) is 5. The van der Waals surface area contributed by atoms with Crippen LogP contribution in [-0.2, 0) is 24.2 Å². The third kappa shape index (κ3) is 9.38. The van der Waals surface area contributed by atoms with E-state index in [-0.39, 0.29) is 6.09 Å². The number of likely N-dealkylation sites (tertiary alicyclic amines) is 2. The molecule has 0 saturated carbocycles. The summed E-state index contributed by atoms with van der Waals surface area (Å²) in [6.07, 6.45) is 3.97. The number of urea groups is 1. The second kappa shape index (κ2) is 15.9. The first kappa shape index (κ1) is 37.0. The number of fused-ring (bicyclic) bond motifs is 1. The molecule has 2 fully saturated rings. The van der Waals surface area contributed by atoms with Crippen molar-refractivity contribution in [1.82, 2.24) is 24.5 Å². The summed E-state index contributed by atoms with van der Waals surface area (Å²) in [5.41, 5.74) is 10.2.